The Kier molecular flexibility index (Phi) is 6.24. The van der Waals surface area contributed by atoms with Crippen LogP contribution in [0.15, 0.2) is 24.3 Å². The highest BCUT2D eigenvalue weighted by molar-refractivity contribution is 5.26. The van der Waals surface area contributed by atoms with E-state index >= 15 is 0 Å². The van der Waals surface area contributed by atoms with Gasteiger partial charge >= 0.3 is 0 Å². The minimum atomic E-state index is -1.17. The van der Waals surface area contributed by atoms with Gasteiger partial charge in [0.1, 0.15) is 18.5 Å². The van der Waals surface area contributed by atoms with E-state index in [1.54, 1.807) is 0 Å². The largest absolute Gasteiger partial charge is 0.491 e. The second kappa shape index (κ2) is 7.45. The normalized spacial score (nSPS) is 15.8. The van der Waals surface area contributed by atoms with Crippen LogP contribution in [0.2, 0.25) is 0 Å². The molecule has 0 amide bonds. The van der Waals surface area contributed by atoms with Crippen molar-refractivity contribution in [2.75, 3.05) is 26.3 Å². The monoisotopic (exact) mass is 269 g/mol. The molecule has 4 N–H and O–H groups in total. The molecule has 0 aliphatic heterocycles. The Labute approximate surface area is 113 Å². The molecule has 0 aliphatic carbocycles. The molecule has 2 unspecified atom stereocenters. The minimum Gasteiger partial charge on any atom is -0.491 e. The van der Waals surface area contributed by atoms with Crippen molar-refractivity contribution < 1.29 is 20.1 Å². The van der Waals surface area contributed by atoms with E-state index in [2.05, 4.69) is 5.32 Å². The standard InChI is InChI=1S/C14H23NO4/c1-11-3-5-13(6-4-11)19-8-12(17)7-15-9-14(2,18)10-16/h3-6,12,15-18H,7-10H2,1-2H3. The van der Waals surface area contributed by atoms with Gasteiger partial charge in [-0.2, -0.15) is 0 Å². The number of rotatable bonds is 8. The van der Waals surface area contributed by atoms with Gasteiger partial charge in [0.25, 0.3) is 0 Å². The van der Waals surface area contributed by atoms with Crippen LogP contribution in [-0.4, -0.2) is 53.3 Å². The van der Waals surface area contributed by atoms with Gasteiger partial charge in [-0.1, -0.05) is 17.7 Å². The first-order valence-electron chi connectivity index (χ1n) is 6.34. The molecule has 5 nitrogen and oxygen atoms in total. The van der Waals surface area contributed by atoms with Crippen LogP contribution >= 0.6 is 0 Å². The summed E-state index contributed by atoms with van der Waals surface area (Å²) in [5, 5.41) is 31.0. The van der Waals surface area contributed by atoms with Crippen LogP contribution in [0.4, 0.5) is 0 Å². The van der Waals surface area contributed by atoms with E-state index in [1.165, 1.54) is 6.92 Å². The van der Waals surface area contributed by atoms with Crippen LogP contribution in [0.1, 0.15) is 12.5 Å². The van der Waals surface area contributed by atoms with E-state index in [9.17, 15) is 10.2 Å². The van der Waals surface area contributed by atoms with Gasteiger partial charge in [0, 0.05) is 13.1 Å². The predicted molar refractivity (Wildman–Crippen MR) is 73.3 cm³/mol. The SMILES string of the molecule is Cc1ccc(OCC(O)CNCC(C)(O)CO)cc1. The molecule has 1 rings (SSSR count). The third kappa shape index (κ3) is 6.54. The maximum atomic E-state index is 9.70. The second-order valence-electron chi connectivity index (χ2n) is 5.06. The lowest BCUT2D eigenvalue weighted by molar-refractivity contribution is -0.000325. The maximum Gasteiger partial charge on any atom is 0.119 e. The highest BCUT2D eigenvalue weighted by Gasteiger charge is 2.18. The summed E-state index contributed by atoms with van der Waals surface area (Å²) in [6, 6.07) is 7.59. The molecule has 1 aromatic carbocycles. The molecule has 0 aromatic heterocycles. The molecule has 1 aromatic rings. The molecule has 0 saturated heterocycles. The summed E-state index contributed by atoms with van der Waals surface area (Å²) >= 11 is 0. The second-order valence-corrected chi connectivity index (χ2v) is 5.06. The predicted octanol–water partition coefficient (Wildman–Crippen LogP) is 0.0676. The van der Waals surface area contributed by atoms with E-state index in [-0.39, 0.29) is 19.8 Å². The van der Waals surface area contributed by atoms with Crippen molar-refractivity contribution in [2.24, 2.45) is 0 Å². The van der Waals surface area contributed by atoms with Gasteiger partial charge in [-0.3, -0.25) is 0 Å². The summed E-state index contributed by atoms with van der Waals surface area (Å²) < 4.78 is 5.43. The van der Waals surface area contributed by atoms with E-state index < -0.39 is 11.7 Å². The molecule has 108 valence electrons. The highest BCUT2D eigenvalue weighted by Crippen LogP contribution is 2.11. The fourth-order valence-electron chi connectivity index (χ4n) is 1.45. The zero-order chi connectivity index (χ0) is 14.3. The number of aliphatic hydroxyl groups excluding tert-OH is 2. The molecule has 19 heavy (non-hydrogen) atoms. The van der Waals surface area contributed by atoms with E-state index in [0.717, 1.165) is 5.56 Å². The van der Waals surface area contributed by atoms with Crippen molar-refractivity contribution in [2.45, 2.75) is 25.6 Å². The summed E-state index contributed by atoms with van der Waals surface area (Å²) in [4.78, 5) is 0. The highest BCUT2D eigenvalue weighted by atomic mass is 16.5. The van der Waals surface area contributed by atoms with Gasteiger partial charge in [-0.15, -0.1) is 0 Å². The third-order valence-corrected chi connectivity index (χ3v) is 2.69. The van der Waals surface area contributed by atoms with Crippen molar-refractivity contribution >= 4 is 0 Å². The molecule has 0 spiro atoms. The minimum absolute atomic E-state index is 0.178. The Balaban J connectivity index is 2.21. The van der Waals surface area contributed by atoms with Crippen LogP contribution in [0.25, 0.3) is 0 Å². The number of hydrogen-bond donors (Lipinski definition) is 4. The van der Waals surface area contributed by atoms with E-state index in [1.807, 2.05) is 31.2 Å². The lowest BCUT2D eigenvalue weighted by Crippen LogP contribution is -2.44. The Morgan fingerprint density at radius 2 is 1.95 bits per heavy atom. The molecule has 0 bridgehead atoms. The summed E-state index contributed by atoms with van der Waals surface area (Å²) in [6.45, 7) is 3.88. The van der Waals surface area contributed by atoms with Crippen molar-refractivity contribution in [3.05, 3.63) is 29.8 Å². The summed E-state index contributed by atoms with van der Waals surface area (Å²) in [5.74, 6) is 0.715. The lowest BCUT2D eigenvalue weighted by atomic mass is 10.1. The summed E-state index contributed by atoms with van der Waals surface area (Å²) in [5.41, 5.74) is -0.0156. The van der Waals surface area contributed by atoms with Gasteiger partial charge in [-0.25, -0.2) is 0 Å². The zero-order valence-electron chi connectivity index (χ0n) is 11.5. The average Bonchev–Trinajstić information content (AvgIpc) is 2.38. The molecule has 0 saturated carbocycles. The van der Waals surface area contributed by atoms with Gasteiger partial charge < -0.3 is 25.4 Å². The Morgan fingerprint density at radius 3 is 2.53 bits per heavy atom. The van der Waals surface area contributed by atoms with Crippen LogP contribution in [-0.2, 0) is 0 Å². The van der Waals surface area contributed by atoms with Crippen molar-refractivity contribution in [1.29, 1.82) is 0 Å². The Hall–Kier alpha value is -1.14. The Bertz CT molecular complexity index is 364. The molecular weight excluding hydrogens is 246 g/mol. The molecule has 0 aliphatic rings. The Morgan fingerprint density at radius 1 is 1.32 bits per heavy atom. The molecule has 0 radical (unpaired) electrons. The quantitative estimate of drug-likeness (QED) is 0.537. The summed E-state index contributed by atoms with van der Waals surface area (Å²) in [6.07, 6.45) is -0.671. The van der Waals surface area contributed by atoms with Crippen molar-refractivity contribution in [1.82, 2.24) is 5.32 Å². The van der Waals surface area contributed by atoms with Crippen LogP contribution in [0.3, 0.4) is 0 Å². The molecule has 0 heterocycles. The first kappa shape index (κ1) is 15.9. The number of nitrogens with one attached hydrogen (secondary N) is 1. The molecule has 5 heteroatoms. The van der Waals surface area contributed by atoms with Crippen molar-refractivity contribution in [3.63, 3.8) is 0 Å². The fourth-order valence-corrected chi connectivity index (χ4v) is 1.45. The number of hydrogen-bond acceptors (Lipinski definition) is 5. The third-order valence-electron chi connectivity index (χ3n) is 2.69. The summed E-state index contributed by atoms with van der Waals surface area (Å²) in [7, 11) is 0. The number of benzene rings is 1. The number of aliphatic hydroxyl groups is 3. The van der Waals surface area contributed by atoms with E-state index in [4.69, 9.17) is 9.84 Å². The van der Waals surface area contributed by atoms with Gasteiger partial charge in [-0.05, 0) is 26.0 Å². The number of ether oxygens (including phenoxy) is 1. The number of aryl methyl sites for hydroxylation is 1. The van der Waals surface area contributed by atoms with E-state index in [0.29, 0.717) is 12.3 Å². The topological polar surface area (TPSA) is 82.0 Å². The van der Waals surface area contributed by atoms with Gasteiger partial charge in [0.2, 0.25) is 0 Å². The van der Waals surface area contributed by atoms with Crippen LogP contribution in [0.5, 0.6) is 5.75 Å². The van der Waals surface area contributed by atoms with Crippen molar-refractivity contribution in [3.8, 4) is 5.75 Å². The van der Waals surface area contributed by atoms with Crippen LogP contribution < -0.4 is 10.1 Å². The first-order valence-corrected chi connectivity index (χ1v) is 6.34. The zero-order valence-corrected chi connectivity index (χ0v) is 11.5. The fraction of sp³-hybridized carbons (Fsp3) is 0.571. The molecular formula is C14H23NO4. The molecule has 0 fully saturated rings. The average molecular weight is 269 g/mol. The smallest absolute Gasteiger partial charge is 0.119 e. The first-order chi connectivity index (χ1) is 8.93. The molecule has 2 atom stereocenters. The van der Waals surface area contributed by atoms with Gasteiger partial charge in [0.05, 0.1) is 12.2 Å². The van der Waals surface area contributed by atoms with Crippen LogP contribution in [0, 0.1) is 6.92 Å². The van der Waals surface area contributed by atoms with Gasteiger partial charge in [0.15, 0.2) is 0 Å². The maximum absolute atomic E-state index is 9.70. The lowest BCUT2D eigenvalue weighted by Gasteiger charge is -2.22.